The average molecular weight is 438 g/mol. The SMILES string of the molecule is CNC/C=C/C(=O)N1CC[C@@H](N(CC2CC2)c2cc(-c3ccnc(OC)c3)c[nH]c2=O)C1. The fraction of sp³-hybridized carbons (Fsp3) is 0.458. The van der Waals surface area contributed by atoms with Crippen molar-refractivity contribution in [1.29, 1.82) is 0 Å². The third-order valence-electron chi connectivity index (χ3n) is 6.12. The van der Waals surface area contributed by atoms with Gasteiger partial charge in [0.2, 0.25) is 11.8 Å². The number of aromatic amines is 1. The zero-order chi connectivity index (χ0) is 22.5. The Morgan fingerprint density at radius 1 is 1.34 bits per heavy atom. The molecule has 1 aliphatic carbocycles. The number of hydrogen-bond acceptors (Lipinski definition) is 6. The molecule has 0 radical (unpaired) electrons. The quantitative estimate of drug-likeness (QED) is 0.584. The van der Waals surface area contributed by atoms with E-state index in [1.54, 1.807) is 25.6 Å². The molecule has 170 valence electrons. The Hall–Kier alpha value is -3.13. The largest absolute Gasteiger partial charge is 0.481 e. The van der Waals surface area contributed by atoms with Crippen molar-refractivity contribution in [3.05, 3.63) is 53.1 Å². The van der Waals surface area contributed by atoms with Crippen molar-refractivity contribution in [3.63, 3.8) is 0 Å². The van der Waals surface area contributed by atoms with Crippen LogP contribution in [0, 0.1) is 5.92 Å². The summed E-state index contributed by atoms with van der Waals surface area (Å²) < 4.78 is 5.25. The number of rotatable bonds is 9. The lowest BCUT2D eigenvalue weighted by molar-refractivity contribution is -0.125. The van der Waals surface area contributed by atoms with Crippen LogP contribution in [0.15, 0.2) is 47.5 Å². The summed E-state index contributed by atoms with van der Waals surface area (Å²) in [6, 6.07) is 5.84. The Kier molecular flexibility index (Phi) is 6.90. The number of likely N-dealkylation sites (tertiary alicyclic amines) is 1. The van der Waals surface area contributed by atoms with E-state index in [-0.39, 0.29) is 17.5 Å². The molecule has 1 amide bonds. The Balaban J connectivity index is 1.58. The first-order chi connectivity index (χ1) is 15.6. The van der Waals surface area contributed by atoms with Crippen molar-refractivity contribution < 1.29 is 9.53 Å². The molecule has 0 aromatic carbocycles. The molecule has 1 aliphatic heterocycles. The van der Waals surface area contributed by atoms with Crippen molar-refractivity contribution in [2.45, 2.75) is 25.3 Å². The van der Waals surface area contributed by atoms with E-state index in [2.05, 4.69) is 20.2 Å². The van der Waals surface area contributed by atoms with Gasteiger partial charge in [-0.15, -0.1) is 0 Å². The highest BCUT2D eigenvalue weighted by Gasteiger charge is 2.34. The molecule has 4 rings (SSSR count). The normalized spacial score (nSPS) is 18.3. The van der Waals surface area contributed by atoms with E-state index in [1.807, 2.05) is 36.2 Å². The number of carbonyl (C=O) groups is 1. The van der Waals surface area contributed by atoms with E-state index in [4.69, 9.17) is 4.74 Å². The van der Waals surface area contributed by atoms with Gasteiger partial charge in [-0.2, -0.15) is 0 Å². The van der Waals surface area contributed by atoms with Gasteiger partial charge < -0.3 is 24.8 Å². The van der Waals surface area contributed by atoms with E-state index in [0.29, 0.717) is 37.1 Å². The predicted octanol–water partition coefficient (Wildman–Crippen LogP) is 2.04. The summed E-state index contributed by atoms with van der Waals surface area (Å²) in [6.45, 7) is 2.84. The zero-order valence-electron chi connectivity index (χ0n) is 18.7. The smallest absolute Gasteiger partial charge is 0.271 e. The molecule has 0 spiro atoms. The summed E-state index contributed by atoms with van der Waals surface area (Å²) >= 11 is 0. The Morgan fingerprint density at radius 2 is 2.19 bits per heavy atom. The van der Waals surface area contributed by atoms with Gasteiger partial charge in [0.1, 0.15) is 5.69 Å². The summed E-state index contributed by atoms with van der Waals surface area (Å²) in [6.07, 6.45) is 10.1. The summed E-state index contributed by atoms with van der Waals surface area (Å²) in [4.78, 5) is 36.6. The maximum Gasteiger partial charge on any atom is 0.271 e. The molecule has 1 saturated carbocycles. The standard InChI is InChI=1S/C24H31N5O3/c1-25-9-3-4-23(30)28-11-8-20(16-28)29(15-17-5-6-17)21-12-19(14-27-24(21)31)18-7-10-26-22(13-18)32-2/h3-4,7,10,12-14,17,20,25H,5-6,8-9,11,15-16H2,1-2H3,(H,27,31)/b4-3+/t20-/m1/s1. The molecule has 3 heterocycles. The van der Waals surface area contributed by atoms with Crippen LogP contribution in [0.25, 0.3) is 11.1 Å². The number of ether oxygens (including phenoxy) is 1. The van der Waals surface area contributed by atoms with Crippen LogP contribution in [-0.4, -0.2) is 67.2 Å². The molecule has 8 nitrogen and oxygen atoms in total. The number of likely N-dealkylation sites (N-methyl/N-ethyl adjacent to an activating group) is 1. The molecule has 2 aliphatic rings. The lowest BCUT2D eigenvalue weighted by atomic mass is 10.1. The van der Waals surface area contributed by atoms with Crippen LogP contribution in [0.4, 0.5) is 5.69 Å². The highest BCUT2D eigenvalue weighted by Crippen LogP contribution is 2.34. The van der Waals surface area contributed by atoms with E-state index in [0.717, 1.165) is 24.1 Å². The van der Waals surface area contributed by atoms with Crippen molar-refractivity contribution in [1.82, 2.24) is 20.2 Å². The molecule has 8 heteroatoms. The van der Waals surface area contributed by atoms with Crippen molar-refractivity contribution in [2.75, 3.05) is 45.2 Å². The Bertz CT molecular complexity index is 1030. The van der Waals surface area contributed by atoms with Crippen LogP contribution < -0.4 is 20.5 Å². The van der Waals surface area contributed by atoms with Crippen LogP contribution >= 0.6 is 0 Å². The predicted molar refractivity (Wildman–Crippen MR) is 125 cm³/mol. The molecule has 0 bridgehead atoms. The first kappa shape index (κ1) is 22.1. The van der Waals surface area contributed by atoms with Gasteiger partial charge in [0.25, 0.3) is 5.56 Å². The van der Waals surface area contributed by atoms with Gasteiger partial charge in [-0.25, -0.2) is 4.98 Å². The van der Waals surface area contributed by atoms with Gasteiger partial charge in [-0.05, 0) is 49.9 Å². The van der Waals surface area contributed by atoms with Gasteiger partial charge in [-0.1, -0.05) is 6.08 Å². The fourth-order valence-electron chi connectivity index (χ4n) is 4.15. The van der Waals surface area contributed by atoms with Crippen molar-refractivity contribution in [2.24, 2.45) is 5.92 Å². The number of anilines is 1. The maximum atomic E-state index is 12.9. The van der Waals surface area contributed by atoms with Crippen LogP contribution in [0.1, 0.15) is 19.3 Å². The van der Waals surface area contributed by atoms with Crippen molar-refractivity contribution >= 4 is 11.6 Å². The first-order valence-corrected chi connectivity index (χ1v) is 11.2. The number of H-pyrrole nitrogens is 1. The van der Waals surface area contributed by atoms with Gasteiger partial charge in [0.05, 0.1) is 7.11 Å². The second kappa shape index (κ2) is 9.99. The lowest BCUT2D eigenvalue weighted by Crippen LogP contribution is -2.42. The number of methoxy groups -OCH3 is 1. The van der Waals surface area contributed by atoms with Gasteiger partial charge >= 0.3 is 0 Å². The molecule has 0 unspecified atom stereocenters. The Morgan fingerprint density at radius 3 is 2.94 bits per heavy atom. The monoisotopic (exact) mass is 437 g/mol. The molecule has 2 aromatic heterocycles. The average Bonchev–Trinajstić information content (AvgIpc) is 3.51. The highest BCUT2D eigenvalue weighted by atomic mass is 16.5. The molecule has 2 fully saturated rings. The third-order valence-corrected chi connectivity index (χ3v) is 6.12. The number of hydrogen-bond donors (Lipinski definition) is 2. The molecular formula is C24H31N5O3. The maximum absolute atomic E-state index is 12.9. The van der Waals surface area contributed by atoms with Crippen LogP contribution in [-0.2, 0) is 4.79 Å². The van der Waals surface area contributed by atoms with Gasteiger partial charge in [0, 0.05) is 62.3 Å². The number of nitrogens with one attached hydrogen (secondary N) is 2. The number of amides is 1. The number of pyridine rings is 2. The van der Waals surface area contributed by atoms with E-state index < -0.39 is 0 Å². The topological polar surface area (TPSA) is 90.6 Å². The highest BCUT2D eigenvalue weighted by molar-refractivity contribution is 5.88. The van der Waals surface area contributed by atoms with Gasteiger partial charge in [0.15, 0.2) is 0 Å². The number of aromatic nitrogens is 2. The first-order valence-electron chi connectivity index (χ1n) is 11.2. The molecular weight excluding hydrogens is 406 g/mol. The second-order valence-electron chi connectivity index (χ2n) is 8.47. The van der Waals surface area contributed by atoms with Crippen LogP contribution in [0.2, 0.25) is 0 Å². The fourth-order valence-corrected chi connectivity index (χ4v) is 4.15. The third kappa shape index (κ3) is 5.19. The minimum absolute atomic E-state index is 0.0284. The number of carbonyl (C=O) groups excluding carboxylic acids is 1. The lowest BCUT2D eigenvalue weighted by Gasteiger charge is -2.31. The molecule has 1 atom stereocenters. The van der Waals surface area contributed by atoms with E-state index in [9.17, 15) is 9.59 Å². The molecule has 2 N–H and O–H groups in total. The summed E-state index contributed by atoms with van der Waals surface area (Å²) in [5, 5.41) is 3.01. The number of nitrogens with zero attached hydrogens (tertiary/aromatic N) is 3. The van der Waals surface area contributed by atoms with E-state index in [1.165, 1.54) is 12.8 Å². The van der Waals surface area contributed by atoms with Crippen LogP contribution in [0.3, 0.4) is 0 Å². The second-order valence-corrected chi connectivity index (χ2v) is 8.47. The summed E-state index contributed by atoms with van der Waals surface area (Å²) in [5.41, 5.74) is 2.39. The summed E-state index contributed by atoms with van der Waals surface area (Å²) in [5.74, 6) is 1.17. The van der Waals surface area contributed by atoms with E-state index >= 15 is 0 Å². The zero-order valence-corrected chi connectivity index (χ0v) is 18.7. The molecule has 1 saturated heterocycles. The van der Waals surface area contributed by atoms with Crippen LogP contribution in [0.5, 0.6) is 5.88 Å². The minimum Gasteiger partial charge on any atom is -0.481 e. The Labute approximate surface area is 188 Å². The molecule has 2 aromatic rings. The molecule has 32 heavy (non-hydrogen) atoms. The minimum atomic E-state index is -0.103. The van der Waals surface area contributed by atoms with Gasteiger partial charge in [-0.3, -0.25) is 9.59 Å². The summed E-state index contributed by atoms with van der Waals surface area (Å²) in [7, 11) is 3.44. The van der Waals surface area contributed by atoms with Crippen molar-refractivity contribution in [3.8, 4) is 17.0 Å².